The fourth-order valence-corrected chi connectivity index (χ4v) is 4.37. The van der Waals surface area contributed by atoms with Crippen molar-refractivity contribution in [2.24, 2.45) is 0 Å². The lowest BCUT2D eigenvalue weighted by molar-refractivity contribution is -0.127. The smallest absolute Gasteiger partial charge is 0.232 e. The molecule has 0 spiro atoms. The molecular formula is C20H25N5OS. The molecular weight excluding hydrogens is 358 g/mol. The Bertz CT molecular complexity index is 758. The maximum Gasteiger partial charge on any atom is 0.232 e. The van der Waals surface area contributed by atoms with E-state index in [1.54, 1.807) is 6.33 Å². The van der Waals surface area contributed by atoms with Gasteiger partial charge in [-0.3, -0.25) is 4.79 Å². The Kier molecular flexibility index (Phi) is 5.77. The van der Waals surface area contributed by atoms with Crippen LogP contribution in [0.3, 0.4) is 0 Å². The number of carbonyl (C=O) groups is 1. The fourth-order valence-electron chi connectivity index (χ4n) is 3.61. The molecule has 0 unspecified atom stereocenters. The molecule has 2 saturated heterocycles. The number of para-hydroxylation sites is 1. The zero-order valence-electron chi connectivity index (χ0n) is 15.5. The van der Waals surface area contributed by atoms with Crippen LogP contribution in [0.2, 0.25) is 0 Å². The van der Waals surface area contributed by atoms with Gasteiger partial charge in [-0.15, -0.1) is 0 Å². The first-order valence-corrected chi connectivity index (χ1v) is 10.6. The highest BCUT2D eigenvalue weighted by molar-refractivity contribution is 7.99. The van der Waals surface area contributed by atoms with Gasteiger partial charge in [-0.05, 0) is 25.0 Å². The molecule has 1 aromatic carbocycles. The molecule has 7 heteroatoms. The molecule has 1 aromatic heterocycles. The van der Waals surface area contributed by atoms with Gasteiger partial charge in [0.2, 0.25) is 5.91 Å². The van der Waals surface area contributed by atoms with Crippen LogP contribution in [0.4, 0.5) is 11.5 Å². The normalized spacial score (nSPS) is 17.4. The Morgan fingerprint density at radius 3 is 2.37 bits per heavy atom. The highest BCUT2D eigenvalue weighted by Crippen LogP contribution is 2.23. The van der Waals surface area contributed by atoms with E-state index in [0.29, 0.717) is 5.75 Å². The van der Waals surface area contributed by atoms with Crippen LogP contribution in [0.5, 0.6) is 0 Å². The number of piperazine rings is 1. The van der Waals surface area contributed by atoms with E-state index < -0.39 is 0 Å². The van der Waals surface area contributed by atoms with E-state index in [1.165, 1.54) is 17.4 Å². The molecule has 0 radical (unpaired) electrons. The van der Waals surface area contributed by atoms with Crippen LogP contribution in [-0.4, -0.2) is 65.8 Å². The molecule has 0 saturated carbocycles. The summed E-state index contributed by atoms with van der Waals surface area (Å²) in [5.41, 5.74) is 1.27. The van der Waals surface area contributed by atoms with Gasteiger partial charge < -0.3 is 14.7 Å². The van der Waals surface area contributed by atoms with Crippen LogP contribution in [0.25, 0.3) is 0 Å². The number of carbonyl (C=O) groups excluding carboxylic acids is 1. The van der Waals surface area contributed by atoms with E-state index in [4.69, 9.17) is 0 Å². The number of benzene rings is 1. The first kappa shape index (κ1) is 18.1. The van der Waals surface area contributed by atoms with Crippen LogP contribution in [0.15, 0.2) is 47.8 Å². The maximum atomic E-state index is 12.2. The molecule has 2 aliphatic heterocycles. The van der Waals surface area contributed by atoms with Crippen molar-refractivity contribution in [3.05, 3.63) is 42.7 Å². The second-order valence-electron chi connectivity index (χ2n) is 6.90. The molecule has 1 amide bonds. The number of thioether (sulfide) groups is 1. The average Bonchev–Trinajstić information content (AvgIpc) is 3.28. The molecule has 0 aliphatic carbocycles. The van der Waals surface area contributed by atoms with Crippen LogP contribution in [0.1, 0.15) is 12.8 Å². The molecule has 3 heterocycles. The Balaban J connectivity index is 1.32. The van der Waals surface area contributed by atoms with Gasteiger partial charge in [-0.2, -0.15) is 0 Å². The Morgan fingerprint density at radius 2 is 1.63 bits per heavy atom. The first-order chi connectivity index (χ1) is 13.3. The van der Waals surface area contributed by atoms with Gasteiger partial charge in [0, 0.05) is 51.0 Å². The summed E-state index contributed by atoms with van der Waals surface area (Å²) >= 11 is 1.51. The topological polar surface area (TPSA) is 52.6 Å². The number of anilines is 2. The zero-order chi connectivity index (χ0) is 18.5. The summed E-state index contributed by atoms with van der Waals surface area (Å²) in [7, 11) is 0. The molecule has 2 fully saturated rings. The SMILES string of the molecule is O=C(CSc1cc(N2CCN(c3ccccc3)CC2)ncn1)N1CCCC1. The van der Waals surface area contributed by atoms with Crippen molar-refractivity contribution < 1.29 is 4.79 Å². The maximum absolute atomic E-state index is 12.2. The van der Waals surface area contributed by atoms with E-state index in [1.807, 2.05) is 17.0 Å². The number of likely N-dealkylation sites (tertiary alicyclic amines) is 1. The Morgan fingerprint density at radius 1 is 0.926 bits per heavy atom. The van der Waals surface area contributed by atoms with Crippen LogP contribution >= 0.6 is 11.8 Å². The number of hydrogen-bond acceptors (Lipinski definition) is 6. The van der Waals surface area contributed by atoms with E-state index in [9.17, 15) is 4.79 Å². The number of nitrogens with zero attached hydrogens (tertiary/aromatic N) is 5. The predicted molar refractivity (Wildman–Crippen MR) is 109 cm³/mol. The molecule has 0 atom stereocenters. The van der Waals surface area contributed by atoms with E-state index in [-0.39, 0.29) is 5.91 Å². The average molecular weight is 384 g/mol. The van der Waals surface area contributed by atoms with Crippen molar-refractivity contribution in [2.75, 3.05) is 54.8 Å². The van der Waals surface area contributed by atoms with Crippen LogP contribution < -0.4 is 9.80 Å². The third kappa shape index (κ3) is 4.53. The van der Waals surface area contributed by atoms with Gasteiger partial charge >= 0.3 is 0 Å². The van der Waals surface area contributed by atoms with E-state index in [0.717, 1.165) is 63.0 Å². The molecule has 6 nitrogen and oxygen atoms in total. The minimum absolute atomic E-state index is 0.217. The van der Waals surface area contributed by atoms with Gasteiger partial charge in [0.15, 0.2) is 0 Å². The van der Waals surface area contributed by atoms with Crippen LogP contribution in [-0.2, 0) is 4.79 Å². The number of amides is 1. The van der Waals surface area contributed by atoms with Crippen molar-refractivity contribution >= 4 is 29.2 Å². The third-order valence-electron chi connectivity index (χ3n) is 5.15. The minimum Gasteiger partial charge on any atom is -0.368 e. The molecule has 0 N–H and O–H groups in total. The molecule has 2 aromatic rings. The Labute approximate surface area is 164 Å². The standard InChI is InChI=1S/C20H25N5OS/c26-20(25-8-4-5-9-25)15-27-19-14-18(21-16-22-19)24-12-10-23(11-13-24)17-6-2-1-3-7-17/h1-3,6-7,14,16H,4-5,8-13,15H2. The van der Waals surface area contributed by atoms with Crippen molar-refractivity contribution in [2.45, 2.75) is 17.9 Å². The molecule has 4 rings (SSSR count). The predicted octanol–water partition coefficient (Wildman–Crippen LogP) is 2.52. The lowest BCUT2D eigenvalue weighted by Crippen LogP contribution is -2.46. The lowest BCUT2D eigenvalue weighted by Gasteiger charge is -2.36. The molecule has 27 heavy (non-hydrogen) atoms. The lowest BCUT2D eigenvalue weighted by atomic mass is 10.2. The quantitative estimate of drug-likeness (QED) is 0.584. The second-order valence-corrected chi connectivity index (χ2v) is 7.90. The number of aromatic nitrogens is 2. The summed E-state index contributed by atoms with van der Waals surface area (Å²) in [6.07, 6.45) is 3.87. The Hall–Kier alpha value is -2.28. The summed E-state index contributed by atoms with van der Waals surface area (Å²) in [5, 5.41) is 0.873. The molecule has 0 bridgehead atoms. The highest BCUT2D eigenvalue weighted by Gasteiger charge is 2.20. The molecule has 142 valence electrons. The van der Waals surface area contributed by atoms with Crippen molar-refractivity contribution in [1.82, 2.24) is 14.9 Å². The van der Waals surface area contributed by atoms with E-state index >= 15 is 0 Å². The second kappa shape index (κ2) is 8.61. The highest BCUT2D eigenvalue weighted by atomic mass is 32.2. The summed E-state index contributed by atoms with van der Waals surface area (Å²) in [4.78, 5) is 27.7. The van der Waals surface area contributed by atoms with Gasteiger partial charge in [0.1, 0.15) is 17.2 Å². The first-order valence-electron chi connectivity index (χ1n) is 9.57. The van der Waals surface area contributed by atoms with Gasteiger partial charge in [-0.25, -0.2) is 9.97 Å². The summed E-state index contributed by atoms with van der Waals surface area (Å²) < 4.78 is 0. The molecule has 2 aliphatic rings. The monoisotopic (exact) mass is 383 g/mol. The fraction of sp³-hybridized carbons (Fsp3) is 0.450. The van der Waals surface area contributed by atoms with Gasteiger partial charge in [0.25, 0.3) is 0 Å². The summed E-state index contributed by atoms with van der Waals surface area (Å²) in [6, 6.07) is 12.5. The van der Waals surface area contributed by atoms with Crippen LogP contribution in [0, 0.1) is 0 Å². The van der Waals surface area contributed by atoms with Crippen molar-refractivity contribution in [1.29, 1.82) is 0 Å². The number of rotatable bonds is 5. The zero-order valence-corrected chi connectivity index (χ0v) is 16.3. The third-order valence-corrected chi connectivity index (χ3v) is 6.07. The minimum atomic E-state index is 0.217. The number of hydrogen-bond donors (Lipinski definition) is 0. The largest absolute Gasteiger partial charge is 0.368 e. The summed E-state index contributed by atoms with van der Waals surface area (Å²) in [6.45, 7) is 5.62. The summed E-state index contributed by atoms with van der Waals surface area (Å²) in [5.74, 6) is 1.63. The van der Waals surface area contributed by atoms with Gasteiger partial charge in [-0.1, -0.05) is 30.0 Å². The van der Waals surface area contributed by atoms with Crippen molar-refractivity contribution in [3.63, 3.8) is 0 Å². The van der Waals surface area contributed by atoms with E-state index in [2.05, 4.69) is 44.0 Å². The van der Waals surface area contributed by atoms with Gasteiger partial charge in [0.05, 0.1) is 5.75 Å². The van der Waals surface area contributed by atoms with Crippen molar-refractivity contribution in [3.8, 4) is 0 Å².